The van der Waals surface area contributed by atoms with Crippen molar-refractivity contribution >= 4 is 29.9 Å². The monoisotopic (exact) mass is 436 g/mol. The lowest BCUT2D eigenvalue weighted by atomic mass is 10.00. The third-order valence-corrected chi connectivity index (χ3v) is 3.94. The topological polar surface area (TPSA) is 62.5 Å². The zero-order chi connectivity index (χ0) is 16.7. The average Bonchev–Trinajstić information content (AvgIpc) is 2.80. The smallest absolute Gasteiger partial charge is 0.191 e. The van der Waals surface area contributed by atoms with E-state index in [4.69, 9.17) is 4.52 Å². The summed E-state index contributed by atoms with van der Waals surface area (Å²) in [6, 6.07) is 0.419. The maximum Gasteiger partial charge on any atom is 0.191 e. The quantitative estimate of drug-likeness (QED) is 0.385. The molecule has 5 nitrogen and oxygen atoms in total. The molecular formula is C17H33IN4O. The van der Waals surface area contributed by atoms with Crippen LogP contribution in [0.5, 0.6) is 0 Å². The highest BCUT2D eigenvalue weighted by Crippen LogP contribution is 2.22. The summed E-state index contributed by atoms with van der Waals surface area (Å²) in [5, 5.41) is 10.9. The van der Waals surface area contributed by atoms with E-state index >= 15 is 0 Å². The highest BCUT2D eigenvalue weighted by atomic mass is 127. The molecule has 0 bridgehead atoms. The number of rotatable bonds is 7. The maximum absolute atomic E-state index is 5.24. The molecule has 134 valence electrons. The standard InChI is InChI=1S/C17H32N4O.HI/c1-11(2)8-9-13(4)20-17(18-7)19-10-12(3)16-14(5)21-22-15(16)6;/h11-13H,8-10H2,1-7H3,(H2,18,19,20);1H. The van der Waals surface area contributed by atoms with Gasteiger partial charge < -0.3 is 15.2 Å². The van der Waals surface area contributed by atoms with Gasteiger partial charge in [-0.05, 0) is 39.5 Å². The van der Waals surface area contributed by atoms with Crippen LogP contribution in [0.15, 0.2) is 9.52 Å². The lowest BCUT2D eigenvalue weighted by Gasteiger charge is -2.20. The van der Waals surface area contributed by atoms with Gasteiger partial charge in [-0.15, -0.1) is 24.0 Å². The van der Waals surface area contributed by atoms with Crippen LogP contribution in [0, 0.1) is 19.8 Å². The van der Waals surface area contributed by atoms with Gasteiger partial charge in [0.05, 0.1) is 5.69 Å². The van der Waals surface area contributed by atoms with Crippen molar-refractivity contribution in [1.82, 2.24) is 15.8 Å². The molecule has 0 amide bonds. The van der Waals surface area contributed by atoms with Gasteiger partial charge in [-0.25, -0.2) is 0 Å². The second-order valence-electron chi connectivity index (χ2n) is 6.61. The molecule has 1 aromatic rings. The molecule has 0 spiro atoms. The second kappa shape index (κ2) is 10.9. The van der Waals surface area contributed by atoms with Crippen LogP contribution in [0.25, 0.3) is 0 Å². The van der Waals surface area contributed by atoms with E-state index in [0.717, 1.165) is 36.3 Å². The molecule has 1 aromatic heterocycles. The predicted octanol–water partition coefficient (Wildman–Crippen LogP) is 4.00. The van der Waals surface area contributed by atoms with E-state index in [1.165, 1.54) is 12.0 Å². The lowest BCUT2D eigenvalue weighted by molar-refractivity contribution is 0.391. The van der Waals surface area contributed by atoms with Crippen LogP contribution in [-0.2, 0) is 0 Å². The third-order valence-electron chi connectivity index (χ3n) is 3.94. The van der Waals surface area contributed by atoms with Crippen molar-refractivity contribution in [3.05, 3.63) is 17.0 Å². The molecule has 0 aliphatic rings. The number of aryl methyl sites for hydroxylation is 2. The van der Waals surface area contributed by atoms with Crippen LogP contribution in [0.3, 0.4) is 0 Å². The third kappa shape index (κ3) is 7.54. The Hall–Kier alpha value is -0.790. The molecule has 1 heterocycles. The van der Waals surface area contributed by atoms with E-state index in [1.807, 2.05) is 20.9 Å². The van der Waals surface area contributed by atoms with Gasteiger partial charge >= 0.3 is 0 Å². The Morgan fingerprint density at radius 3 is 2.30 bits per heavy atom. The number of hydrogen-bond acceptors (Lipinski definition) is 3. The zero-order valence-electron chi connectivity index (χ0n) is 15.6. The number of nitrogens with one attached hydrogen (secondary N) is 2. The molecule has 0 aromatic carbocycles. The van der Waals surface area contributed by atoms with Gasteiger partial charge in [0.25, 0.3) is 0 Å². The lowest BCUT2D eigenvalue weighted by Crippen LogP contribution is -2.43. The molecule has 2 atom stereocenters. The molecule has 1 rings (SSSR count). The largest absolute Gasteiger partial charge is 0.361 e. The Balaban J connectivity index is 0.00000484. The fraction of sp³-hybridized carbons (Fsp3) is 0.765. The molecule has 0 radical (unpaired) electrons. The first-order valence-electron chi connectivity index (χ1n) is 8.25. The molecule has 0 saturated carbocycles. The Morgan fingerprint density at radius 1 is 1.17 bits per heavy atom. The summed E-state index contributed by atoms with van der Waals surface area (Å²) in [4.78, 5) is 4.31. The van der Waals surface area contributed by atoms with E-state index in [0.29, 0.717) is 12.0 Å². The zero-order valence-corrected chi connectivity index (χ0v) is 17.9. The highest BCUT2D eigenvalue weighted by Gasteiger charge is 2.17. The van der Waals surface area contributed by atoms with Crippen molar-refractivity contribution in [2.45, 2.75) is 66.3 Å². The van der Waals surface area contributed by atoms with Crippen LogP contribution in [0.1, 0.15) is 63.5 Å². The summed E-state index contributed by atoms with van der Waals surface area (Å²) >= 11 is 0. The van der Waals surface area contributed by atoms with E-state index in [9.17, 15) is 0 Å². The van der Waals surface area contributed by atoms with Crippen molar-refractivity contribution in [1.29, 1.82) is 0 Å². The number of guanidine groups is 1. The SMILES string of the molecule is CN=C(NCC(C)c1c(C)noc1C)NC(C)CCC(C)C.I. The molecule has 23 heavy (non-hydrogen) atoms. The number of aliphatic imine (C=N–C) groups is 1. The van der Waals surface area contributed by atoms with Gasteiger partial charge in [0, 0.05) is 31.1 Å². The summed E-state index contributed by atoms with van der Waals surface area (Å²) in [7, 11) is 1.81. The van der Waals surface area contributed by atoms with Gasteiger partial charge in [-0.1, -0.05) is 25.9 Å². The Bertz CT molecular complexity index is 465. The van der Waals surface area contributed by atoms with Gasteiger partial charge in [0.15, 0.2) is 5.96 Å². The van der Waals surface area contributed by atoms with Crippen LogP contribution < -0.4 is 10.6 Å². The Kier molecular flexibility index (Phi) is 10.5. The molecular weight excluding hydrogens is 403 g/mol. The molecule has 2 unspecified atom stereocenters. The summed E-state index contributed by atoms with van der Waals surface area (Å²) < 4.78 is 5.24. The van der Waals surface area contributed by atoms with Crippen molar-refractivity contribution in [2.75, 3.05) is 13.6 Å². The van der Waals surface area contributed by atoms with E-state index in [-0.39, 0.29) is 24.0 Å². The minimum Gasteiger partial charge on any atom is -0.361 e. The normalized spacial score (nSPS) is 14.3. The number of hydrogen-bond donors (Lipinski definition) is 2. The second-order valence-corrected chi connectivity index (χ2v) is 6.61. The average molecular weight is 436 g/mol. The summed E-state index contributed by atoms with van der Waals surface area (Å²) in [5.74, 6) is 2.82. The minimum atomic E-state index is 0. The predicted molar refractivity (Wildman–Crippen MR) is 108 cm³/mol. The molecule has 0 saturated heterocycles. The van der Waals surface area contributed by atoms with Gasteiger partial charge in [-0.2, -0.15) is 0 Å². The van der Waals surface area contributed by atoms with Gasteiger partial charge in [0.2, 0.25) is 0 Å². The van der Waals surface area contributed by atoms with E-state index < -0.39 is 0 Å². The van der Waals surface area contributed by atoms with E-state index in [2.05, 4.69) is 48.5 Å². The van der Waals surface area contributed by atoms with Crippen LogP contribution in [0.4, 0.5) is 0 Å². The maximum atomic E-state index is 5.24. The number of aromatic nitrogens is 1. The van der Waals surface area contributed by atoms with Gasteiger partial charge in [-0.3, -0.25) is 4.99 Å². The molecule has 0 fully saturated rings. The summed E-state index contributed by atoms with van der Waals surface area (Å²) in [6.07, 6.45) is 2.37. The molecule has 0 aliphatic heterocycles. The number of halogens is 1. The van der Waals surface area contributed by atoms with Crippen LogP contribution >= 0.6 is 24.0 Å². The molecule has 6 heteroatoms. The van der Waals surface area contributed by atoms with Crippen molar-refractivity contribution < 1.29 is 4.52 Å². The molecule has 0 aliphatic carbocycles. The summed E-state index contributed by atoms with van der Waals surface area (Å²) in [6.45, 7) is 13.6. The van der Waals surface area contributed by atoms with Gasteiger partial charge in [0.1, 0.15) is 5.76 Å². The fourth-order valence-corrected chi connectivity index (χ4v) is 2.63. The Morgan fingerprint density at radius 2 is 1.83 bits per heavy atom. The first-order valence-corrected chi connectivity index (χ1v) is 8.25. The van der Waals surface area contributed by atoms with Crippen molar-refractivity contribution in [2.24, 2.45) is 10.9 Å². The summed E-state index contributed by atoms with van der Waals surface area (Å²) in [5.41, 5.74) is 2.16. The van der Waals surface area contributed by atoms with Crippen molar-refractivity contribution in [3.8, 4) is 0 Å². The highest BCUT2D eigenvalue weighted by molar-refractivity contribution is 14.0. The fourth-order valence-electron chi connectivity index (χ4n) is 2.63. The Labute approximate surface area is 158 Å². The molecule has 2 N–H and O–H groups in total. The van der Waals surface area contributed by atoms with Crippen molar-refractivity contribution in [3.63, 3.8) is 0 Å². The van der Waals surface area contributed by atoms with Crippen LogP contribution in [-0.4, -0.2) is 30.8 Å². The first-order chi connectivity index (χ1) is 10.3. The number of nitrogens with zero attached hydrogens (tertiary/aromatic N) is 2. The first kappa shape index (κ1) is 22.2. The van der Waals surface area contributed by atoms with Crippen LogP contribution in [0.2, 0.25) is 0 Å². The van der Waals surface area contributed by atoms with E-state index in [1.54, 1.807) is 0 Å². The minimum absolute atomic E-state index is 0.